The number of hydrogen-bond donors (Lipinski definition) is 0. The highest BCUT2D eigenvalue weighted by molar-refractivity contribution is 7.25. The molecule has 65 heavy (non-hydrogen) atoms. The number of furan rings is 1. The van der Waals surface area contributed by atoms with E-state index in [0.29, 0.717) is 0 Å². The minimum absolute atomic E-state index is 0.869. The minimum Gasteiger partial charge on any atom is -0.456 e. The highest BCUT2D eigenvalue weighted by atomic mass is 32.1. The van der Waals surface area contributed by atoms with Gasteiger partial charge in [-0.1, -0.05) is 164 Å². The SMILES string of the molecule is c1ccc(N(c2ccc([Si](c3ccccc3)(c3ccccc3)c3cccc(N(c4ccccc4)c4ccc5c(c4)sc4ccccc45)c3)cc2)c2ccc3c(c2)oc2ccccc23)cc1. The Bertz CT molecular complexity index is 3570. The fourth-order valence-electron chi connectivity index (χ4n) is 9.87. The van der Waals surface area contributed by atoms with Gasteiger partial charge in [0.05, 0.1) is 0 Å². The van der Waals surface area contributed by atoms with E-state index in [1.807, 2.05) is 23.5 Å². The van der Waals surface area contributed by atoms with Crippen LogP contribution in [0.15, 0.2) is 259 Å². The van der Waals surface area contributed by atoms with Crippen molar-refractivity contribution in [3.63, 3.8) is 0 Å². The highest BCUT2D eigenvalue weighted by Crippen LogP contribution is 2.41. The molecule has 0 radical (unpaired) electrons. The average Bonchev–Trinajstić information content (AvgIpc) is 3.94. The first-order chi connectivity index (χ1) is 32.2. The Balaban J connectivity index is 1.04. The van der Waals surface area contributed by atoms with Crippen LogP contribution in [-0.2, 0) is 0 Å². The lowest BCUT2D eigenvalue weighted by Crippen LogP contribution is -2.74. The zero-order chi connectivity index (χ0) is 43.2. The quantitative estimate of drug-likeness (QED) is 0.101. The molecule has 0 amide bonds. The molecule has 308 valence electrons. The summed E-state index contributed by atoms with van der Waals surface area (Å²) < 4.78 is 9.00. The molecule has 2 heterocycles. The first-order valence-corrected chi connectivity index (χ1v) is 24.9. The first kappa shape index (κ1) is 38.7. The van der Waals surface area contributed by atoms with Crippen molar-refractivity contribution in [1.29, 1.82) is 0 Å². The van der Waals surface area contributed by atoms with Crippen molar-refractivity contribution >= 4 is 116 Å². The van der Waals surface area contributed by atoms with Crippen LogP contribution in [0, 0.1) is 0 Å². The van der Waals surface area contributed by atoms with Gasteiger partial charge in [-0.25, -0.2) is 0 Å². The summed E-state index contributed by atoms with van der Waals surface area (Å²) in [7, 11) is -2.97. The van der Waals surface area contributed by atoms with Gasteiger partial charge in [0.2, 0.25) is 0 Å². The molecular formula is C60H42N2OSSi. The molecule has 0 saturated heterocycles. The lowest BCUT2D eigenvalue weighted by Gasteiger charge is -2.36. The average molecular weight is 867 g/mol. The first-order valence-electron chi connectivity index (χ1n) is 22.1. The van der Waals surface area contributed by atoms with E-state index in [-0.39, 0.29) is 0 Å². The van der Waals surface area contributed by atoms with Gasteiger partial charge in [-0.3, -0.25) is 0 Å². The molecule has 0 aliphatic heterocycles. The molecule has 5 heteroatoms. The molecule has 0 bridgehead atoms. The molecule has 0 aliphatic rings. The molecule has 0 unspecified atom stereocenters. The second-order valence-corrected chi connectivity index (χ2v) is 21.4. The van der Waals surface area contributed by atoms with Crippen LogP contribution >= 0.6 is 11.3 Å². The van der Waals surface area contributed by atoms with Gasteiger partial charge in [-0.05, 0) is 106 Å². The Morgan fingerprint density at radius 3 is 1.38 bits per heavy atom. The third-order valence-corrected chi connectivity index (χ3v) is 18.7. The molecule has 10 aromatic carbocycles. The summed E-state index contributed by atoms with van der Waals surface area (Å²) >= 11 is 1.86. The lowest BCUT2D eigenvalue weighted by atomic mass is 10.1. The zero-order valence-corrected chi connectivity index (χ0v) is 37.3. The van der Waals surface area contributed by atoms with Crippen molar-refractivity contribution in [3.05, 3.63) is 255 Å². The van der Waals surface area contributed by atoms with Gasteiger partial charge in [0.25, 0.3) is 0 Å². The van der Waals surface area contributed by atoms with E-state index in [2.05, 4.69) is 252 Å². The summed E-state index contributed by atoms with van der Waals surface area (Å²) in [5, 5.41) is 10.1. The number of fused-ring (bicyclic) bond motifs is 6. The summed E-state index contributed by atoms with van der Waals surface area (Å²) in [6.07, 6.45) is 0. The van der Waals surface area contributed by atoms with E-state index in [0.717, 1.165) is 56.1 Å². The van der Waals surface area contributed by atoms with E-state index in [4.69, 9.17) is 4.42 Å². The van der Waals surface area contributed by atoms with Gasteiger partial charge >= 0.3 is 0 Å². The largest absolute Gasteiger partial charge is 0.456 e. The molecule has 12 rings (SSSR count). The summed E-state index contributed by atoms with van der Waals surface area (Å²) in [5.74, 6) is 0. The van der Waals surface area contributed by atoms with Gasteiger partial charge in [0.1, 0.15) is 11.2 Å². The normalized spacial score (nSPS) is 11.7. The minimum atomic E-state index is -2.97. The van der Waals surface area contributed by atoms with E-state index >= 15 is 0 Å². The van der Waals surface area contributed by atoms with E-state index in [1.165, 1.54) is 40.9 Å². The van der Waals surface area contributed by atoms with Gasteiger partial charge in [-0.15, -0.1) is 11.3 Å². The van der Waals surface area contributed by atoms with Crippen molar-refractivity contribution in [1.82, 2.24) is 0 Å². The molecular weight excluding hydrogens is 825 g/mol. The lowest BCUT2D eigenvalue weighted by molar-refractivity contribution is 0.669. The van der Waals surface area contributed by atoms with Crippen LogP contribution < -0.4 is 30.5 Å². The van der Waals surface area contributed by atoms with Gasteiger partial charge in [0.15, 0.2) is 8.07 Å². The molecule has 0 N–H and O–H groups in total. The molecule has 0 spiro atoms. The smallest absolute Gasteiger partial charge is 0.179 e. The third-order valence-electron chi connectivity index (χ3n) is 12.8. The van der Waals surface area contributed by atoms with Crippen LogP contribution in [0.25, 0.3) is 42.1 Å². The molecule has 2 aromatic heterocycles. The fraction of sp³-hybridized carbons (Fsp3) is 0. The van der Waals surface area contributed by atoms with Crippen LogP contribution in [0.4, 0.5) is 34.1 Å². The molecule has 3 nitrogen and oxygen atoms in total. The number of nitrogens with zero attached hydrogens (tertiary/aromatic N) is 2. The summed E-state index contributed by atoms with van der Waals surface area (Å²) in [4.78, 5) is 4.75. The van der Waals surface area contributed by atoms with Crippen LogP contribution in [0.1, 0.15) is 0 Å². The Morgan fingerprint density at radius 1 is 0.277 bits per heavy atom. The van der Waals surface area contributed by atoms with Crippen molar-refractivity contribution in [2.45, 2.75) is 0 Å². The molecule has 0 fully saturated rings. The van der Waals surface area contributed by atoms with Crippen LogP contribution in [0.3, 0.4) is 0 Å². The van der Waals surface area contributed by atoms with Gasteiger partial charge in [-0.2, -0.15) is 0 Å². The van der Waals surface area contributed by atoms with E-state index < -0.39 is 8.07 Å². The van der Waals surface area contributed by atoms with E-state index in [1.54, 1.807) is 0 Å². The van der Waals surface area contributed by atoms with Gasteiger partial charge in [0, 0.05) is 71.1 Å². The Kier molecular flexibility index (Phi) is 9.70. The predicted octanol–water partition coefficient (Wildman–Crippen LogP) is 14.3. The summed E-state index contributed by atoms with van der Waals surface area (Å²) in [5.41, 5.74) is 8.31. The predicted molar refractivity (Wildman–Crippen MR) is 280 cm³/mol. The fourth-order valence-corrected chi connectivity index (χ4v) is 15.8. The molecule has 0 aliphatic carbocycles. The Morgan fingerprint density at radius 2 is 0.708 bits per heavy atom. The van der Waals surface area contributed by atoms with Crippen LogP contribution in [0.2, 0.25) is 0 Å². The van der Waals surface area contributed by atoms with Crippen LogP contribution in [-0.4, -0.2) is 8.07 Å². The number of rotatable bonds is 10. The second kappa shape index (κ2) is 16.3. The number of thiophene rings is 1. The molecule has 12 aromatic rings. The summed E-state index contributed by atoms with van der Waals surface area (Å²) in [6.45, 7) is 0. The van der Waals surface area contributed by atoms with Crippen molar-refractivity contribution in [3.8, 4) is 0 Å². The number of para-hydroxylation sites is 3. The molecule has 0 atom stereocenters. The molecule has 0 saturated carbocycles. The standard InChI is InChI=1S/C60H42N2OSSi/c1-5-18-43(19-6-1)61(47-34-38-54-53-28-13-15-30-57(53)63-58(54)41-47)45-32-36-51(37-33-45)65(49-23-9-3-10-24-49,50-25-11-4-12-26-50)52-27-17-22-46(40-52)62(44-20-7-2-8-21-44)48-35-39-56-55-29-14-16-31-59(55)64-60(56)42-48/h1-42H. The topological polar surface area (TPSA) is 19.6 Å². The second-order valence-electron chi connectivity index (χ2n) is 16.5. The maximum atomic E-state index is 6.42. The number of anilines is 6. The third kappa shape index (κ3) is 6.72. The highest BCUT2D eigenvalue weighted by Gasteiger charge is 2.42. The maximum Gasteiger partial charge on any atom is 0.179 e. The van der Waals surface area contributed by atoms with E-state index in [9.17, 15) is 0 Å². The zero-order valence-electron chi connectivity index (χ0n) is 35.5. The monoisotopic (exact) mass is 866 g/mol. The summed E-state index contributed by atoms with van der Waals surface area (Å²) in [6, 6.07) is 93.0. The van der Waals surface area contributed by atoms with Crippen LogP contribution in [0.5, 0.6) is 0 Å². The van der Waals surface area contributed by atoms with Crippen molar-refractivity contribution in [2.75, 3.05) is 9.80 Å². The number of benzene rings is 10. The van der Waals surface area contributed by atoms with Gasteiger partial charge < -0.3 is 14.2 Å². The van der Waals surface area contributed by atoms with Crippen molar-refractivity contribution < 1.29 is 4.42 Å². The number of hydrogen-bond acceptors (Lipinski definition) is 4. The van der Waals surface area contributed by atoms with Crippen molar-refractivity contribution in [2.24, 2.45) is 0 Å². The Hall–Kier alpha value is -7.96. The maximum absolute atomic E-state index is 6.42. The Labute approximate surface area is 383 Å².